The van der Waals surface area contributed by atoms with E-state index in [1.807, 2.05) is 10.6 Å². The minimum Gasteiger partial charge on any atom is -0.0683 e. The zero-order chi connectivity index (χ0) is 21.6. The van der Waals surface area contributed by atoms with Gasteiger partial charge in [-0.15, -0.1) is 0 Å². The molecule has 0 bridgehead atoms. The zero-order valence-corrected chi connectivity index (χ0v) is 22.4. The largest absolute Gasteiger partial charge is 0.0683 e. The van der Waals surface area contributed by atoms with Crippen LogP contribution in [0, 0.1) is 0 Å². The highest BCUT2D eigenvalue weighted by atomic mass is 31.1. The molecule has 1 aromatic carbocycles. The molecular weight excluding hydrogens is 422 g/mol. The third-order valence-corrected chi connectivity index (χ3v) is 16.6. The molecule has 4 fully saturated rings. The van der Waals surface area contributed by atoms with Crippen molar-refractivity contribution in [2.24, 2.45) is 0 Å². The predicted molar refractivity (Wildman–Crippen MR) is 147 cm³/mol. The van der Waals surface area contributed by atoms with Crippen molar-refractivity contribution >= 4 is 26.5 Å². The molecule has 4 aliphatic rings. The highest BCUT2D eigenvalue weighted by Gasteiger charge is 2.38. The van der Waals surface area contributed by atoms with E-state index in [0.717, 1.165) is 22.6 Å². The van der Waals surface area contributed by atoms with Crippen molar-refractivity contribution in [1.29, 1.82) is 0 Å². The van der Waals surface area contributed by atoms with Crippen LogP contribution in [-0.2, 0) is 0 Å². The van der Waals surface area contributed by atoms with E-state index in [9.17, 15) is 0 Å². The molecule has 0 unspecified atom stereocenters. The SMILES string of the molecule is c1ccc(P(C2CCCCC2)C2CCCCC2)c(P(C2CCCCC2)C2CCCCC2)c1. The highest BCUT2D eigenvalue weighted by Crippen LogP contribution is 2.59. The molecule has 0 nitrogen and oxygen atoms in total. The first-order valence-electron chi connectivity index (χ1n) is 14.6. The molecule has 0 heterocycles. The van der Waals surface area contributed by atoms with Gasteiger partial charge < -0.3 is 0 Å². The smallest absolute Gasteiger partial charge is 0.0158 e. The summed E-state index contributed by atoms with van der Waals surface area (Å²) in [4.78, 5) is 0. The second-order valence-corrected chi connectivity index (χ2v) is 17.0. The summed E-state index contributed by atoms with van der Waals surface area (Å²) in [5.74, 6) is 0. The summed E-state index contributed by atoms with van der Waals surface area (Å²) < 4.78 is 0. The summed E-state index contributed by atoms with van der Waals surface area (Å²) in [6, 6.07) is 10.3. The van der Waals surface area contributed by atoms with Crippen LogP contribution in [0.5, 0.6) is 0 Å². The van der Waals surface area contributed by atoms with Gasteiger partial charge in [-0.1, -0.05) is 117 Å². The lowest BCUT2D eigenvalue weighted by Crippen LogP contribution is -2.36. The average Bonchev–Trinajstić information content (AvgIpc) is 2.88. The molecule has 0 aliphatic heterocycles. The molecule has 5 rings (SSSR count). The van der Waals surface area contributed by atoms with Gasteiger partial charge in [0.1, 0.15) is 0 Å². The molecule has 0 aromatic heterocycles. The molecule has 0 atom stereocenters. The number of benzene rings is 1. The van der Waals surface area contributed by atoms with E-state index in [2.05, 4.69) is 24.3 Å². The second-order valence-electron chi connectivity index (χ2n) is 11.5. The lowest BCUT2D eigenvalue weighted by atomic mass is 9.99. The van der Waals surface area contributed by atoms with Crippen molar-refractivity contribution in [3.8, 4) is 0 Å². The Kier molecular flexibility index (Phi) is 9.05. The van der Waals surface area contributed by atoms with Gasteiger partial charge in [0.05, 0.1) is 0 Å². The van der Waals surface area contributed by atoms with E-state index in [0.29, 0.717) is 0 Å². The van der Waals surface area contributed by atoms with Gasteiger partial charge in [-0.3, -0.25) is 0 Å². The van der Waals surface area contributed by atoms with Gasteiger partial charge in [-0.05, 0) is 84.6 Å². The van der Waals surface area contributed by atoms with Crippen molar-refractivity contribution < 1.29 is 0 Å². The van der Waals surface area contributed by atoms with Gasteiger partial charge in [-0.2, -0.15) is 0 Å². The van der Waals surface area contributed by atoms with Crippen LogP contribution in [0.3, 0.4) is 0 Å². The standard InChI is InChI=1S/C30H48P2/c1-5-15-25(16-6-1)31(26-17-7-2-8-18-26)29-23-13-14-24-30(29)32(27-19-9-3-10-20-27)28-21-11-4-12-22-28/h13-14,23-28H,1-12,15-22H2. The van der Waals surface area contributed by atoms with E-state index < -0.39 is 0 Å². The Labute approximate surface area is 201 Å². The summed E-state index contributed by atoms with van der Waals surface area (Å²) in [5.41, 5.74) is 4.16. The third-order valence-electron chi connectivity index (χ3n) is 9.31. The van der Waals surface area contributed by atoms with Crippen LogP contribution in [0.2, 0.25) is 0 Å². The summed E-state index contributed by atoms with van der Waals surface area (Å²) in [6.45, 7) is 0. The van der Waals surface area contributed by atoms with Gasteiger partial charge in [0.25, 0.3) is 0 Å². The fourth-order valence-electron chi connectivity index (χ4n) is 7.72. The Bertz CT molecular complexity index is 581. The molecule has 0 N–H and O–H groups in total. The molecule has 178 valence electrons. The van der Waals surface area contributed by atoms with E-state index >= 15 is 0 Å². The second kappa shape index (κ2) is 12.2. The van der Waals surface area contributed by atoms with Gasteiger partial charge in [0.2, 0.25) is 0 Å². The van der Waals surface area contributed by atoms with E-state index in [1.54, 1.807) is 51.4 Å². The minimum absolute atomic E-state index is 0.0288. The van der Waals surface area contributed by atoms with Crippen LogP contribution in [0.4, 0.5) is 0 Å². The maximum Gasteiger partial charge on any atom is -0.0158 e. The van der Waals surface area contributed by atoms with Crippen LogP contribution in [0.25, 0.3) is 0 Å². The van der Waals surface area contributed by atoms with Gasteiger partial charge in [-0.25, -0.2) is 0 Å². The Morgan fingerprint density at radius 2 is 0.625 bits per heavy atom. The van der Waals surface area contributed by atoms with Gasteiger partial charge >= 0.3 is 0 Å². The monoisotopic (exact) mass is 470 g/mol. The van der Waals surface area contributed by atoms with Crippen LogP contribution < -0.4 is 10.6 Å². The summed E-state index contributed by atoms with van der Waals surface area (Å²) in [7, 11) is 0.0576. The van der Waals surface area contributed by atoms with E-state index in [4.69, 9.17) is 0 Å². The highest BCUT2D eigenvalue weighted by molar-refractivity contribution is 7.73. The maximum absolute atomic E-state index is 2.69. The first-order valence-corrected chi connectivity index (χ1v) is 17.5. The van der Waals surface area contributed by atoms with Gasteiger partial charge in [0.15, 0.2) is 0 Å². The minimum atomic E-state index is 0.0288. The Hall–Kier alpha value is 0.0800. The van der Waals surface area contributed by atoms with Crippen molar-refractivity contribution in [2.75, 3.05) is 0 Å². The van der Waals surface area contributed by atoms with Crippen LogP contribution in [0.15, 0.2) is 24.3 Å². The van der Waals surface area contributed by atoms with Crippen LogP contribution in [-0.4, -0.2) is 22.6 Å². The summed E-state index contributed by atoms with van der Waals surface area (Å²) in [6.07, 6.45) is 30.5. The van der Waals surface area contributed by atoms with Crippen molar-refractivity contribution in [1.82, 2.24) is 0 Å². The molecule has 2 heteroatoms. The molecule has 32 heavy (non-hydrogen) atoms. The molecule has 4 saturated carbocycles. The lowest BCUT2D eigenvalue weighted by Gasteiger charge is -2.43. The van der Waals surface area contributed by atoms with Crippen molar-refractivity contribution in [3.63, 3.8) is 0 Å². The van der Waals surface area contributed by atoms with Crippen molar-refractivity contribution in [2.45, 2.75) is 151 Å². The quantitative estimate of drug-likeness (QED) is 0.363. The summed E-state index contributed by atoms with van der Waals surface area (Å²) >= 11 is 0. The maximum atomic E-state index is 2.69. The molecule has 0 amide bonds. The van der Waals surface area contributed by atoms with E-state index in [1.165, 1.54) is 77.0 Å². The van der Waals surface area contributed by atoms with Crippen molar-refractivity contribution in [3.05, 3.63) is 24.3 Å². The normalized spacial score (nSPS) is 25.6. The fourth-order valence-corrected chi connectivity index (χ4v) is 16.1. The lowest BCUT2D eigenvalue weighted by molar-refractivity contribution is 0.486. The first-order chi connectivity index (χ1) is 15.9. The summed E-state index contributed by atoms with van der Waals surface area (Å²) in [5, 5.41) is 3.90. The fraction of sp³-hybridized carbons (Fsp3) is 0.800. The molecule has 0 spiro atoms. The molecular formula is C30H48P2. The molecule has 1 aromatic rings. The first kappa shape index (κ1) is 23.8. The predicted octanol–water partition coefficient (Wildman–Crippen LogP) is 9.23. The van der Waals surface area contributed by atoms with E-state index in [-0.39, 0.29) is 15.8 Å². The molecule has 0 saturated heterocycles. The topological polar surface area (TPSA) is 0 Å². The number of hydrogen-bond acceptors (Lipinski definition) is 0. The number of rotatable bonds is 6. The van der Waals surface area contributed by atoms with Crippen LogP contribution in [0.1, 0.15) is 128 Å². The molecule has 0 radical (unpaired) electrons. The van der Waals surface area contributed by atoms with Gasteiger partial charge in [0, 0.05) is 0 Å². The zero-order valence-electron chi connectivity index (χ0n) is 20.7. The molecule has 4 aliphatic carbocycles. The average molecular weight is 471 g/mol. The Morgan fingerprint density at radius 3 is 0.875 bits per heavy atom. The number of hydrogen-bond donors (Lipinski definition) is 0. The third kappa shape index (κ3) is 5.65. The Balaban J connectivity index is 1.52. The van der Waals surface area contributed by atoms with Crippen LogP contribution >= 0.6 is 15.8 Å². The Morgan fingerprint density at radius 1 is 0.375 bits per heavy atom.